The largest absolute Gasteiger partial charge is 0.496 e. The number of amides is 1. The predicted octanol–water partition coefficient (Wildman–Crippen LogP) is 4.74. The standard InChI is InChI=1S/C23H27N3O4S2/c1-15-12-16(2)21-20(13-15)31-23(24-21)25-22(27)18-14-17(8-9-19(18)30-3)32(28,29)26-10-6-4-5-7-11-26/h8-9,12-14H,4-7,10-11H2,1-3H3,(H,24,25,27). The Labute approximate surface area is 192 Å². The first-order valence-electron chi connectivity index (χ1n) is 10.7. The Kier molecular flexibility index (Phi) is 6.50. The molecule has 0 bridgehead atoms. The summed E-state index contributed by atoms with van der Waals surface area (Å²) in [5.41, 5.74) is 3.18. The summed E-state index contributed by atoms with van der Waals surface area (Å²) in [5, 5.41) is 3.28. The molecule has 0 spiro atoms. The van der Waals surface area contributed by atoms with E-state index in [9.17, 15) is 13.2 Å². The van der Waals surface area contributed by atoms with E-state index < -0.39 is 15.9 Å². The van der Waals surface area contributed by atoms with E-state index in [0.717, 1.165) is 47.0 Å². The third-order valence-corrected chi connectivity index (χ3v) is 8.48. The SMILES string of the molecule is COc1ccc(S(=O)(=O)N2CCCCCC2)cc1C(=O)Nc1nc2c(C)cc(C)cc2s1. The van der Waals surface area contributed by atoms with Crippen molar-refractivity contribution >= 4 is 42.6 Å². The van der Waals surface area contributed by atoms with Crippen LogP contribution in [0.3, 0.4) is 0 Å². The average molecular weight is 474 g/mol. The van der Waals surface area contributed by atoms with Gasteiger partial charge in [-0.1, -0.05) is 30.2 Å². The highest BCUT2D eigenvalue weighted by molar-refractivity contribution is 7.89. The van der Waals surface area contributed by atoms with Gasteiger partial charge in [0.15, 0.2) is 5.13 Å². The maximum atomic E-state index is 13.2. The van der Waals surface area contributed by atoms with E-state index in [4.69, 9.17) is 4.74 Å². The highest BCUT2D eigenvalue weighted by atomic mass is 32.2. The second-order valence-electron chi connectivity index (χ2n) is 8.08. The van der Waals surface area contributed by atoms with Gasteiger partial charge >= 0.3 is 0 Å². The summed E-state index contributed by atoms with van der Waals surface area (Å²) in [6, 6.07) is 8.51. The molecular weight excluding hydrogens is 446 g/mol. The first-order chi connectivity index (χ1) is 15.3. The van der Waals surface area contributed by atoms with Crippen molar-refractivity contribution in [1.29, 1.82) is 0 Å². The lowest BCUT2D eigenvalue weighted by Crippen LogP contribution is -2.32. The van der Waals surface area contributed by atoms with Crippen molar-refractivity contribution in [2.75, 3.05) is 25.5 Å². The van der Waals surface area contributed by atoms with Gasteiger partial charge in [0.1, 0.15) is 5.75 Å². The molecule has 0 radical (unpaired) electrons. The number of carbonyl (C=O) groups is 1. The van der Waals surface area contributed by atoms with E-state index in [1.165, 1.54) is 41.0 Å². The number of aromatic nitrogens is 1. The number of fused-ring (bicyclic) bond motifs is 1. The first-order valence-corrected chi connectivity index (χ1v) is 12.9. The highest BCUT2D eigenvalue weighted by Crippen LogP contribution is 2.31. The lowest BCUT2D eigenvalue weighted by molar-refractivity contribution is 0.102. The van der Waals surface area contributed by atoms with E-state index >= 15 is 0 Å². The lowest BCUT2D eigenvalue weighted by Gasteiger charge is -2.20. The molecule has 4 rings (SSSR count). The van der Waals surface area contributed by atoms with Crippen LogP contribution < -0.4 is 10.1 Å². The molecule has 7 nitrogen and oxygen atoms in total. The molecule has 1 N–H and O–H groups in total. The Hall–Kier alpha value is -2.49. The number of rotatable bonds is 5. The van der Waals surface area contributed by atoms with Crippen molar-refractivity contribution in [3.63, 3.8) is 0 Å². The minimum absolute atomic E-state index is 0.0983. The second kappa shape index (κ2) is 9.17. The highest BCUT2D eigenvalue weighted by Gasteiger charge is 2.27. The van der Waals surface area contributed by atoms with Gasteiger partial charge in [-0.05, 0) is 62.1 Å². The van der Waals surface area contributed by atoms with Crippen molar-refractivity contribution in [3.8, 4) is 5.75 Å². The van der Waals surface area contributed by atoms with Crippen molar-refractivity contribution in [2.24, 2.45) is 0 Å². The quantitative estimate of drug-likeness (QED) is 0.578. The van der Waals surface area contributed by atoms with Crippen LogP contribution in [-0.4, -0.2) is 43.8 Å². The molecule has 0 aliphatic carbocycles. The fourth-order valence-electron chi connectivity index (χ4n) is 4.04. The number of ether oxygens (including phenoxy) is 1. The van der Waals surface area contributed by atoms with Gasteiger partial charge < -0.3 is 4.74 Å². The molecule has 3 aromatic rings. The summed E-state index contributed by atoms with van der Waals surface area (Å²) < 4.78 is 34.3. The minimum Gasteiger partial charge on any atom is -0.496 e. The van der Waals surface area contributed by atoms with Gasteiger partial charge in [0, 0.05) is 13.1 Å². The molecule has 0 unspecified atom stereocenters. The number of carbonyl (C=O) groups excluding carboxylic acids is 1. The number of anilines is 1. The number of hydrogen-bond acceptors (Lipinski definition) is 6. The van der Waals surface area contributed by atoms with Crippen LogP contribution in [0.25, 0.3) is 10.2 Å². The zero-order valence-corrected chi connectivity index (χ0v) is 20.1. The molecule has 2 aromatic carbocycles. The van der Waals surface area contributed by atoms with Crippen LogP contribution in [0.4, 0.5) is 5.13 Å². The summed E-state index contributed by atoms with van der Waals surface area (Å²) in [5.74, 6) is -0.145. The summed E-state index contributed by atoms with van der Waals surface area (Å²) in [7, 11) is -2.23. The van der Waals surface area contributed by atoms with Gasteiger partial charge in [-0.25, -0.2) is 13.4 Å². The van der Waals surface area contributed by atoms with Crippen LogP contribution in [0, 0.1) is 13.8 Å². The third-order valence-electron chi connectivity index (χ3n) is 5.67. The lowest BCUT2D eigenvalue weighted by atomic mass is 10.1. The average Bonchev–Trinajstić information content (AvgIpc) is 2.97. The summed E-state index contributed by atoms with van der Waals surface area (Å²) >= 11 is 1.39. The van der Waals surface area contributed by atoms with Crippen LogP contribution in [0.2, 0.25) is 0 Å². The number of aryl methyl sites for hydroxylation is 2. The molecule has 1 saturated heterocycles. The molecule has 9 heteroatoms. The maximum absolute atomic E-state index is 13.2. The van der Waals surface area contributed by atoms with Gasteiger partial charge in [-0.15, -0.1) is 0 Å². The van der Waals surface area contributed by atoms with E-state index in [-0.39, 0.29) is 10.5 Å². The van der Waals surface area contributed by atoms with Crippen LogP contribution in [0.1, 0.15) is 47.2 Å². The van der Waals surface area contributed by atoms with Crippen LogP contribution in [0.15, 0.2) is 35.2 Å². The normalized spacial score (nSPS) is 15.5. The molecule has 1 aliphatic heterocycles. The smallest absolute Gasteiger partial charge is 0.261 e. The molecule has 1 fully saturated rings. The second-order valence-corrected chi connectivity index (χ2v) is 11.1. The number of nitrogens with one attached hydrogen (secondary N) is 1. The van der Waals surface area contributed by atoms with E-state index in [1.807, 2.05) is 26.0 Å². The molecule has 1 aromatic heterocycles. The molecule has 2 heterocycles. The number of thiazole rings is 1. The van der Waals surface area contributed by atoms with Crippen LogP contribution in [0.5, 0.6) is 5.75 Å². The Bertz CT molecular complexity index is 1260. The predicted molar refractivity (Wildman–Crippen MR) is 127 cm³/mol. The number of nitrogens with zero attached hydrogens (tertiary/aromatic N) is 2. The minimum atomic E-state index is -3.69. The Morgan fingerprint density at radius 1 is 1.09 bits per heavy atom. The van der Waals surface area contributed by atoms with Gasteiger partial charge in [0.2, 0.25) is 10.0 Å². The summed E-state index contributed by atoms with van der Waals surface area (Å²) in [6.45, 7) is 5.01. The molecule has 0 saturated carbocycles. The van der Waals surface area contributed by atoms with E-state index in [2.05, 4.69) is 10.3 Å². The van der Waals surface area contributed by atoms with E-state index in [0.29, 0.717) is 24.0 Å². The number of sulfonamides is 1. The Morgan fingerprint density at radius 3 is 2.50 bits per heavy atom. The van der Waals surface area contributed by atoms with Crippen molar-refractivity contribution < 1.29 is 17.9 Å². The molecular formula is C23H27N3O4S2. The van der Waals surface area contributed by atoms with Gasteiger partial charge in [-0.2, -0.15) is 4.31 Å². The molecule has 32 heavy (non-hydrogen) atoms. The van der Waals surface area contributed by atoms with E-state index in [1.54, 1.807) is 0 Å². The zero-order chi connectivity index (χ0) is 22.9. The first kappa shape index (κ1) is 22.7. The van der Waals surface area contributed by atoms with Gasteiger partial charge in [-0.3, -0.25) is 10.1 Å². The van der Waals surface area contributed by atoms with Crippen molar-refractivity contribution in [3.05, 3.63) is 47.0 Å². The fraction of sp³-hybridized carbons (Fsp3) is 0.391. The Morgan fingerprint density at radius 2 is 1.81 bits per heavy atom. The molecule has 1 aliphatic rings. The van der Waals surface area contributed by atoms with Crippen LogP contribution >= 0.6 is 11.3 Å². The van der Waals surface area contributed by atoms with Crippen molar-refractivity contribution in [2.45, 2.75) is 44.4 Å². The number of hydrogen-bond donors (Lipinski definition) is 1. The molecule has 1 amide bonds. The van der Waals surface area contributed by atoms with Crippen LogP contribution in [-0.2, 0) is 10.0 Å². The fourth-order valence-corrected chi connectivity index (χ4v) is 6.63. The third kappa shape index (κ3) is 4.51. The van der Waals surface area contributed by atoms with Crippen molar-refractivity contribution in [1.82, 2.24) is 9.29 Å². The molecule has 0 atom stereocenters. The van der Waals surface area contributed by atoms with Gasteiger partial charge in [0.25, 0.3) is 5.91 Å². The number of benzene rings is 2. The van der Waals surface area contributed by atoms with Gasteiger partial charge in [0.05, 0.1) is 27.8 Å². The zero-order valence-electron chi connectivity index (χ0n) is 18.5. The molecule has 170 valence electrons. The summed E-state index contributed by atoms with van der Waals surface area (Å²) in [4.78, 5) is 17.7. The summed E-state index contributed by atoms with van der Waals surface area (Å²) in [6.07, 6.45) is 3.76. The Balaban J connectivity index is 1.65. The number of methoxy groups -OCH3 is 1. The topological polar surface area (TPSA) is 88.6 Å². The monoisotopic (exact) mass is 473 g/mol. The maximum Gasteiger partial charge on any atom is 0.261 e.